The van der Waals surface area contributed by atoms with Crippen LogP contribution in [-0.4, -0.2) is 20.2 Å². The summed E-state index contributed by atoms with van der Waals surface area (Å²) >= 11 is 0. The molecule has 4 aliphatic rings. The first-order valence-corrected chi connectivity index (χ1v) is 9.96. The van der Waals surface area contributed by atoms with Crippen LogP contribution in [-0.2, 0) is 6.16 Å². The van der Waals surface area contributed by atoms with Crippen molar-refractivity contribution < 1.29 is 0 Å². The van der Waals surface area contributed by atoms with Gasteiger partial charge in [-0.15, -0.1) is 0 Å². The van der Waals surface area contributed by atoms with E-state index in [0.29, 0.717) is 0 Å². The predicted octanol–water partition coefficient (Wildman–Crippen LogP) is 4.89. The Hall–Kier alpha value is -0.285. The summed E-state index contributed by atoms with van der Waals surface area (Å²) in [5.41, 5.74) is 1.58. The molecule has 0 N–H and O–H groups in total. The Labute approximate surface area is 127 Å². The molecule has 2 heteroatoms. The molecule has 0 saturated heterocycles. The molecule has 3 radical (unpaired) electrons. The Bertz CT molecular complexity index is 420. The topological polar surface area (TPSA) is 0 Å². The van der Waals surface area contributed by atoms with E-state index in [1.54, 1.807) is 44.1 Å². The van der Waals surface area contributed by atoms with Gasteiger partial charge >= 0.3 is 0 Å². The van der Waals surface area contributed by atoms with E-state index in [9.17, 15) is 0 Å². The second-order valence-electron chi connectivity index (χ2n) is 7.48. The lowest BCUT2D eigenvalue weighted by Gasteiger charge is -2.59. The van der Waals surface area contributed by atoms with Crippen LogP contribution < -0.4 is 0 Å². The maximum Gasteiger partial charge on any atom is 0 e. The maximum absolute atomic E-state index is 2.61. The highest BCUT2D eigenvalue weighted by atomic mass is 31.1. The Morgan fingerprint density at radius 3 is 1.95 bits per heavy atom. The number of rotatable bonds is 3. The molecule has 0 spiro atoms. The second kappa shape index (κ2) is 5.49. The van der Waals surface area contributed by atoms with Gasteiger partial charge in [0.1, 0.15) is 0 Å². The Balaban J connectivity index is 0.00000121. The third-order valence-corrected chi connectivity index (χ3v) is 9.08. The molecular weight excluding hydrogens is 258 g/mol. The lowest BCUT2D eigenvalue weighted by Crippen LogP contribution is -2.49. The van der Waals surface area contributed by atoms with E-state index < -0.39 is 0 Å². The van der Waals surface area contributed by atoms with Crippen molar-refractivity contribution in [2.24, 2.45) is 17.8 Å². The first-order chi connectivity index (χ1) is 9.23. The molecule has 4 aliphatic carbocycles. The van der Waals surface area contributed by atoms with Gasteiger partial charge in [0.2, 0.25) is 0 Å². The van der Waals surface area contributed by atoms with E-state index >= 15 is 0 Å². The van der Waals surface area contributed by atoms with Crippen LogP contribution >= 0.6 is 7.92 Å². The van der Waals surface area contributed by atoms with Gasteiger partial charge in [-0.1, -0.05) is 38.3 Å². The summed E-state index contributed by atoms with van der Waals surface area (Å²) in [6.07, 6.45) is 10.8. The van der Waals surface area contributed by atoms with Crippen LogP contribution in [0.25, 0.3) is 0 Å². The molecule has 4 bridgehead atoms. The molecule has 105 valence electrons. The fourth-order valence-electron chi connectivity index (χ4n) is 5.56. The van der Waals surface area contributed by atoms with Crippen LogP contribution in [0.3, 0.4) is 0 Å². The fraction of sp³-hybridized carbons (Fsp3) is 0.667. The zero-order chi connectivity index (χ0) is 12.9. The van der Waals surface area contributed by atoms with Crippen LogP contribution in [0, 0.1) is 17.8 Å². The minimum Gasteiger partial charge on any atom is -0.0990 e. The average molecular weight is 283 g/mol. The van der Waals surface area contributed by atoms with E-state index in [2.05, 4.69) is 37.0 Å². The van der Waals surface area contributed by atoms with Gasteiger partial charge in [0.05, 0.1) is 0 Å². The summed E-state index contributed by atoms with van der Waals surface area (Å²) < 4.78 is 0. The number of benzene rings is 1. The van der Waals surface area contributed by atoms with E-state index in [0.717, 1.165) is 22.9 Å². The van der Waals surface area contributed by atoms with E-state index in [1.165, 1.54) is 6.16 Å². The summed E-state index contributed by atoms with van der Waals surface area (Å²) in [5, 5.41) is 0.778. The van der Waals surface area contributed by atoms with Gasteiger partial charge in [0, 0.05) is 8.41 Å². The highest BCUT2D eigenvalue weighted by molar-refractivity contribution is 7.57. The SMILES string of the molecule is C[P@@](Cc1ccccc1)C12CC3CC(CC(C3)C1)C2.[B]. The zero-order valence-corrected chi connectivity index (χ0v) is 13.5. The third kappa shape index (κ3) is 2.48. The average Bonchev–Trinajstić information content (AvgIpc) is 2.38. The molecule has 1 aromatic rings. The second-order valence-corrected chi connectivity index (χ2v) is 10.1. The summed E-state index contributed by atoms with van der Waals surface area (Å²) in [5.74, 6) is 3.31. The molecule has 1 atom stereocenters. The molecule has 0 aliphatic heterocycles. The largest absolute Gasteiger partial charge is 0.0990 e. The Morgan fingerprint density at radius 1 is 0.950 bits per heavy atom. The molecular formula is C18H25BP. The van der Waals surface area contributed by atoms with Gasteiger partial charge in [-0.3, -0.25) is 0 Å². The predicted molar refractivity (Wildman–Crippen MR) is 89.6 cm³/mol. The number of hydrogen-bond acceptors (Lipinski definition) is 0. The van der Waals surface area contributed by atoms with Crippen LogP contribution in [0.15, 0.2) is 30.3 Å². The summed E-state index contributed by atoms with van der Waals surface area (Å²) in [4.78, 5) is 0. The highest BCUT2D eigenvalue weighted by Crippen LogP contribution is 2.68. The molecule has 0 aromatic heterocycles. The van der Waals surface area contributed by atoms with E-state index in [-0.39, 0.29) is 16.3 Å². The van der Waals surface area contributed by atoms with Gasteiger partial charge in [-0.2, -0.15) is 0 Å². The molecule has 5 rings (SSSR count). The first kappa shape index (κ1) is 14.6. The third-order valence-electron chi connectivity index (χ3n) is 6.08. The molecule has 0 unspecified atom stereocenters. The van der Waals surface area contributed by atoms with Crippen LogP contribution in [0.4, 0.5) is 0 Å². The van der Waals surface area contributed by atoms with Crippen molar-refractivity contribution >= 4 is 16.3 Å². The molecule has 1 aromatic carbocycles. The molecule has 4 fully saturated rings. The summed E-state index contributed by atoms with van der Waals surface area (Å²) in [6.45, 7) is 2.61. The summed E-state index contributed by atoms with van der Waals surface area (Å²) in [7, 11) is 0.169. The molecule has 0 nitrogen and oxygen atoms in total. The molecule has 4 saturated carbocycles. The van der Waals surface area contributed by atoms with Crippen molar-refractivity contribution in [3.8, 4) is 0 Å². The normalized spacial score (nSPS) is 39.4. The fourth-order valence-corrected chi connectivity index (χ4v) is 8.36. The van der Waals surface area contributed by atoms with Crippen LogP contribution in [0.5, 0.6) is 0 Å². The number of hydrogen-bond donors (Lipinski definition) is 0. The Kier molecular flexibility index (Phi) is 4.02. The van der Waals surface area contributed by atoms with E-state index in [4.69, 9.17) is 0 Å². The van der Waals surface area contributed by atoms with Crippen molar-refractivity contribution in [1.82, 2.24) is 0 Å². The molecule has 0 heterocycles. The lowest BCUT2D eigenvalue weighted by molar-refractivity contribution is 0.0356. The first-order valence-electron chi connectivity index (χ1n) is 7.99. The van der Waals surface area contributed by atoms with Crippen molar-refractivity contribution in [2.45, 2.75) is 49.8 Å². The van der Waals surface area contributed by atoms with Crippen LogP contribution in [0.1, 0.15) is 44.1 Å². The standard InChI is InChI=1S/C18H25P.B/c1-19(13-14-5-3-2-4-6-14)18-10-15-7-16(11-18)9-17(8-15)12-18;/h2-6,15-17H,7-13H2,1H3;/t15?,16?,17?,18?,19-;/m0./s1. The minimum atomic E-state index is 0. The smallest absolute Gasteiger partial charge is 0 e. The van der Waals surface area contributed by atoms with Crippen molar-refractivity contribution in [3.63, 3.8) is 0 Å². The monoisotopic (exact) mass is 283 g/mol. The molecule has 20 heavy (non-hydrogen) atoms. The van der Waals surface area contributed by atoms with E-state index in [1.807, 2.05) is 0 Å². The van der Waals surface area contributed by atoms with Crippen LogP contribution in [0.2, 0.25) is 0 Å². The van der Waals surface area contributed by atoms with Crippen molar-refractivity contribution in [2.75, 3.05) is 6.66 Å². The lowest BCUT2D eigenvalue weighted by atomic mass is 9.56. The van der Waals surface area contributed by atoms with Gasteiger partial charge < -0.3 is 0 Å². The van der Waals surface area contributed by atoms with Crippen molar-refractivity contribution in [1.29, 1.82) is 0 Å². The zero-order valence-electron chi connectivity index (χ0n) is 12.6. The van der Waals surface area contributed by atoms with Gasteiger partial charge in [-0.05, 0) is 79.8 Å². The summed E-state index contributed by atoms with van der Waals surface area (Å²) in [6, 6.07) is 11.2. The Morgan fingerprint density at radius 2 is 1.45 bits per heavy atom. The quantitative estimate of drug-likeness (QED) is 0.547. The molecule has 0 amide bonds. The van der Waals surface area contributed by atoms with Gasteiger partial charge in [0.25, 0.3) is 0 Å². The maximum atomic E-state index is 2.61. The van der Waals surface area contributed by atoms with Gasteiger partial charge in [-0.25, -0.2) is 0 Å². The minimum absolute atomic E-state index is 0. The van der Waals surface area contributed by atoms with Gasteiger partial charge in [0.15, 0.2) is 0 Å². The van der Waals surface area contributed by atoms with Crippen molar-refractivity contribution in [3.05, 3.63) is 35.9 Å². The highest BCUT2D eigenvalue weighted by Gasteiger charge is 2.52.